The molecule has 1 amide bonds. The first-order valence-electron chi connectivity index (χ1n) is 9.08. The molecule has 0 radical (unpaired) electrons. The average molecular weight is 439 g/mol. The molecule has 0 bridgehead atoms. The summed E-state index contributed by atoms with van der Waals surface area (Å²) in [6, 6.07) is 9.41. The molecule has 29 heavy (non-hydrogen) atoms. The zero-order chi connectivity index (χ0) is 21.2. The fourth-order valence-electron chi connectivity index (χ4n) is 3.53. The van der Waals surface area contributed by atoms with E-state index in [1.165, 1.54) is 25.2 Å². The molecule has 1 N–H and O–H groups in total. The maximum absolute atomic E-state index is 13.3. The van der Waals surface area contributed by atoms with E-state index in [0.29, 0.717) is 18.0 Å². The van der Waals surface area contributed by atoms with Crippen molar-refractivity contribution < 1.29 is 22.7 Å². The molecule has 2 aromatic rings. The number of nitrogens with zero attached hydrogens (tertiary/aromatic N) is 1. The Hall–Kier alpha value is -2.29. The SMILES string of the molecule is CNS(=O)(=O)c1ccc(Cl)c(C(=O)N2CCCC2c2ccc(OC)cc2OC)c1. The molecule has 7 nitrogen and oxygen atoms in total. The summed E-state index contributed by atoms with van der Waals surface area (Å²) in [5.41, 5.74) is 1.02. The number of halogens is 1. The second kappa shape index (κ2) is 8.61. The van der Waals surface area contributed by atoms with Gasteiger partial charge in [0.2, 0.25) is 10.0 Å². The van der Waals surface area contributed by atoms with E-state index < -0.39 is 10.0 Å². The molecule has 1 atom stereocenters. The number of amides is 1. The Bertz CT molecular complexity index is 1030. The Kier molecular flexibility index (Phi) is 6.36. The maximum atomic E-state index is 13.3. The number of nitrogens with one attached hydrogen (secondary N) is 1. The number of hydrogen-bond donors (Lipinski definition) is 1. The molecular weight excluding hydrogens is 416 g/mol. The molecule has 1 aliphatic heterocycles. The van der Waals surface area contributed by atoms with Crippen LogP contribution in [0.15, 0.2) is 41.3 Å². The highest BCUT2D eigenvalue weighted by atomic mass is 35.5. The second-order valence-corrected chi connectivity index (χ2v) is 8.91. The highest BCUT2D eigenvalue weighted by Crippen LogP contribution is 2.40. The fraction of sp³-hybridized carbons (Fsp3) is 0.350. The van der Waals surface area contributed by atoms with Crippen molar-refractivity contribution >= 4 is 27.5 Å². The number of sulfonamides is 1. The van der Waals surface area contributed by atoms with Gasteiger partial charge in [-0.05, 0) is 50.2 Å². The first-order valence-corrected chi connectivity index (χ1v) is 10.9. The summed E-state index contributed by atoms with van der Waals surface area (Å²) in [4.78, 5) is 15.0. The lowest BCUT2D eigenvalue weighted by Gasteiger charge is -2.27. The van der Waals surface area contributed by atoms with Gasteiger partial charge in [0.25, 0.3) is 5.91 Å². The number of rotatable bonds is 6. The summed E-state index contributed by atoms with van der Waals surface area (Å²) in [6.07, 6.45) is 1.58. The first kappa shape index (κ1) is 21.4. The van der Waals surface area contributed by atoms with E-state index in [2.05, 4.69) is 4.72 Å². The molecule has 2 aromatic carbocycles. The molecule has 0 aromatic heterocycles. The van der Waals surface area contributed by atoms with Gasteiger partial charge in [-0.15, -0.1) is 0 Å². The number of methoxy groups -OCH3 is 2. The van der Waals surface area contributed by atoms with Crippen molar-refractivity contribution in [3.63, 3.8) is 0 Å². The van der Waals surface area contributed by atoms with Crippen molar-refractivity contribution in [2.75, 3.05) is 27.8 Å². The molecule has 3 rings (SSSR count). The number of hydrogen-bond acceptors (Lipinski definition) is 5. The van der Waals surface area contributed by atoms with Crippen LogP contribution in [0.4, 0.5) is 0 Å². The fourth-order valence-corrected chi connectivity index (χ4v) is 4.49. The quantitative estimate of drug-likeness (QED) is 0.748. The van der Waals surface area contributed by atoms with Crippen LogP contribution >= 0.6 is 11.6 Å². The van der Waals surface area contributed by atoms with Gasteiger partial charge in [0, 0.05) is 18.2 Å². The first-order chi connectivity index (χ1) is 13.8. The molecule has 156 valence electrons. The molecule has 1 fully saturated rings. The van der Waals surface area contributed by atoms with Crippen molar-refractivity contribution in [2.45, 2.75) is 23.8 Å². The van der Waals surface area contributed by atoms with Gasteiger partial charge in [-0.1, -0.05) is 11.6 Å². The van der Waals surface area contributed by atoms with Gasteiger partial charge in [0.1, 0.15) is 11.5 Å². The van der Waals surface area contributed by atoms with E-state index in [1.54, 1.807) is 25.2 Å². The summed E-state index contributed by atoms with van der Waals surface area (Å²) in [7, 11) is 0.775. The third-order valence-electron chi connectivity index (χ3n) is 5.06. The van der Waals surface area contributed by atoms with Crippen molar-refractivity contribution in [3.05, 3.63) is 52.5 Å². The Morgan fingerprint density at radius 2 is 1.93 bits per heavy atom. The summed E-state index contributed by atoms with van der Waals surface area (Å²) in [5.74, 6) is 0.977. The largest absolute Gasteiger partial charge is 0.497 e. The highest BCUT2D eigenvalue weighted by Gasteiger charge is 2.33. The van der Waals surface area contributed by atoms with Gasteiger partial charge in [0.05, 0.1) is 35.7 Å². The van der Waals surface area contributed by atoms with Crippen LogP contribution in [0, 0.1) is 0 Å². The Morgan fingerprint density at radius 1 is 1.17 bits per heavy atom. The van der Waals surface area contributed by atoms with Crippen molar-refractivity contribution in [1.29, 1.82) is 0 Å². The van der Waals surface area contributed by atoms with Crippen molar-refractivity contribution in [2.24, 2.45) is 0 Å². The van der Waals surface area contributed by atoms with E-state index in [4.69, 9.17) is 21.1 Å². The van der Waals surface area contributed by atoms with E-state index >= 15 is 0 Å². The molecular formula is C20H23ClN2O5S. The molecule has 0 aliphatic carbocycles. The lowest BCUT2D eigenvalue weighted by Crippen LogP contribution is -2.31. The van der Waals surface area contributed by atoms with Crippen molar-refractivity contribution in [3.8, 4) is 11.5 Å². The number of benzene rings is 2. The van der Waals surface area contributed by atoms with E-state index in [1.807, 2.05) is 12.1 Å². The van der Waals surface area contributed by atoms with Crippen LogP contribution < -0.4 is 14.2 Å². The highest BCUT2D eigenvalue weighted by molar-refractivity contribution is 7.89. The molecule has 1 saturated heterocycles. The lowest BCUT2D eigenvalue weighted by atomic mass is 10.0. The van der Waals surface area contributed by atoms with Crippen LogP contribution in [0.2, 0.25) is 5.02 Å². The van der Waals surface area contributed by atoms with Crippen molar-refractivity contribution in [1.82, 2.24) is 9.62 Å². The Balaban J connectivity index is 1.99. The minimum absolute atomic E-state index is 0.00877. The van der Waals surface area contributed by atoms with Crippen LogP contribution in [-0.2, 0) is 10.0 Å². The van der Waals surface area contributed by atoms with Gasteiger partial charge >= 0.3 is 0 Å². The predicted molar refractivity (Wildman–Crippen MR) is 110 cm³/mol. The monoisotopic (exact) mass is 438 g/mol. The smallest absolute Gasteiger partial charge is 0.255 e. The molecule has 0 saturated carbocycles. The second-order valence-electron chi connectivity index (χ2n) is 6.61. The van der Waals surface area contributed by atoms with Gasteiger partial charge in [-0.25, -0.2) is 13.1 Å². The third-order valence-corrected chi connectivity index (χ3v) is 6.80. The predicted octanol–water partition coefficient (Wildman–Crippen LogP) is 3.24. The Morgan fingerprint density at radius 3 is 2.59 bits per heavy atom. The minimum Gasteiger partial charge on any atom is -0.497 e. The zero-order valence-electron chi connectivity index (χ0n) is 16.4. The molecule has 9 heteroatoms. The summed E-state index contributed by atoms with van der Waals surface area (Å²) < 4.78 is 37.3. The normalized spacial score (nSPS) is 16.7. The van der Waals surface area contributed by atoms with Crippen LogP contribution in [-0.4, -0.2) is 47.0 Å². The van der Waals surface area contributed by atoms with Gasteiger partial charge in [-0.3, -0.25) is 4.79 Å². The number of likely N-dealkylation sites (tertiary alicyclic amines) is 1. The van der Waals surface area contributed by atoms with E-state index in [0.717, 1.165) is 18.4 Å². The van der Waals surface area contributed by atoms with Crippen LogP contribution in [0.25, 0.3) is 0 Å². The molecule has 0 spiro atoms. The molecule has 1 heterocycles. The number of carbonyl (C=O) groups is 1. The minimum atomic E-state index is -3.69. The molecule has 1 aliphatic rings. The van der Waals surface area contributed by atoms with Gasteiger partial charge in [-0.2, -0.15) is 0 Å². The summed E-state index contributed by atoms with van der Waals surface area (Å²) in [6.45, 7) is 0.540. The Labute approximate surface area is 175 Å². The number of carbonyl (C=O) groups excluding carboxylic acids is 1. The van der Waals surface area contributed by atoms with E-state index in [-0.39, 0.29) is 27.4 Å². The summed E-state index contributed by atoms with van der Waals surface area (Å²) in [5, 5.41) is 0.206. The van der Waals surface area contributed by atoms with Crippen LogP contribution in [0.3, 0.4) is 0 Å². The average Bonchev–Trinajstić information content (AvgIpc) is 3.22. The topological polar surface area (TPSA) is 84.9 Å². The molecule has 1 unspecified atom stereocenters. The number of ether oxygens (including phenoxy) is 2. The summed E-state index contributed by atoms with van der Waals surface area (Å²) >= 11 is 6.25. The third kappa shape index (κ3) is 4.19. The standard InChI is InChI=1S/C20H23ClN2O5S/c1-22-29(25,26)14-7-9-17(21)16(12-14)20(24)23-10-4-5-18(23)15-8-6-13(27-2)11-19(15)28-3/h6-9,11-12,18,22H,4-5,10H2,1-3H3. The van der Waals surface area contributed by atoms with E-state index in [9.17, 15) is 13.2 Å². The maximum Gasteiger partial charge on any atom is 0.255 e. The van der Waals surface area contributed by atoms with Crippen LogP contribution in [0.1, 0.15) is 34.8 Å². The zero-order valence-corrected chi connectivity index (χ0v) is 18.0. The lowest BCUT2D eigenvalue weighted by molar-refractivity contribution is 0.0734. The van der Waals surface area contributed by atoms with Crippen LogP contribution in [0.5, 0.6) is 11.5 Å². The van der Waals surface area contributed by atoms with Gasteiger partial charge < -0.3 is 14.4 Å². The van der Waals surface area contributed by atoms with Gasteiger partial charge in [0.15, 0.2) is 0 Å².